The molecule has 1 fully saturated rings. The van der Waals surface area contributed by atoms with Crippen molar-refractivity contribution in [2.45, 2.75) is 39.7 Å². The Kier molecular flexibility index (Phi) is 9.59. The number of nitrogens with one attached hydrogen (secondary N) is 1. The molecule has 0 radical (unpaired) electrons. The van der Waals surface area contributed by atoms with Gasteiger partial charge < -0.3 is 16.0 Å². The van der Waals surface area contributed by atoms with Crippen LogP contribution in [-0.2, 0) is 0 Å². The van der Waals surface area contributed by atoms with Crippen molar-refractivity contribution in [3.05, 3.63) is 29.3 Å². The number of carbonyl (C=O) groups excluding carboxylic acids is 1. The standard InChI is InChI=1S/C17H27N3O.2ClH/c1-12(2)11-20-8-6-15(7-9-20)19-17(21)16-10-14(18)5-4-13(16)3;;/h4-5,10,12,15H,6-9,11,18H2,1-3H3,(H,19,21);2*1H. The van der Waals surface area contributed by atoms with E-state index in [-0.39, 0.29) is 36.8 Å². The zero-order chi connectivity index (χ0) is 15.4. The monoisotopic (exact) mass is 361 g/mol. The van der Waals surface area contributed by atoms with Gasteiger partial charge in [-0.3, -0.25) is 4.79 Å². The van der Waals surface area contributed by atoms with Crippen LogP contribution < -0.4 is 11.1 Å². The number of hydrogen-bond donors (Lipinski definition) is 2. The maximum atomic E-state index is 12.4. The number of nitrogens with two attached hydrogens (primary N) is 1. The number of anilines is 1. The molecule has 23 heavy (non-hydrogen) atoms. The zero-order valence-corrected chi connectivity index (χ0v) is 15.8. The van der Waals surface area contributed by atoms with E-state index >= 15 is 0 Å². The van der Waals surface area contributed by atoms with Crippen LogP contribution >= 0.6 is 24.8 Å². The highest BCUT2D eigenvalue weighted by atomic mass is 35.5. The Morgan fingerprint density at radius 1 is 1.30 bits per heavy atom. The summed E-state index contributed by atoms with van der Waals surface area (Å²) < 4.78 is 0. The minimum atomic E-state index is 0. The number of aryl methyl sites for hydroxylation is 1. The molecule has 1 aromatic carbocycles. The van der Waals surface area contributed by atoms with Crippen molar-refractivity contribution < 1.29 is 4.79 Å². The van der Waals surface area contributed by atoms with E-state index in [1.807, 2.05) is 19.1 Å². The molecule has 1 aliphatic heterocycles. The Hall–Kier alpha value is -0.970. The average Bonchev–Trinajstić information content (AvgIpc) is 2.43. The molecule has 0 aromatic heterocycles. The number of halogens is 2. The van der Waals surface area contributed by atoms with Crippen molar-refractivity contribution in [1.82, 2.24) is 10.2 Å². The highest BCUT2D eigenvalue weighted by molar-refractivity contribution is 5.96. The van der Waals surface area contributed by atoms with Crippen molar-refractivity contribution in [3.8, 4) is 0 Å². The van der Waals surface area contributed by atoms with Crippen LogP contribution in [0.1, 0.15) is 42.6 Å². The van der Waals surface area contributed by atoms with Crippen LogP contribution in [-0.4, -0.2) is 36.5 Å². The number of likely N-dealkylation sites (tertiary alicyclic amines) is 1. The lowest BCUT2D eigenvalue weighted by Gasteiger charge is -2.33. The van der Waals surface area contributed by atoms with Gasteiger partial charge in [-0.25, -0.2) is 0 Å². The number of amides is 1. The quantitative estimate of drug-likeness (QED) is 0.809. The molecule has 6 heteroatoms. The van der Waals surface area contributed by atoms with E-state index in [2.05, 4.69) is 24.1 Å². The van der Waals surface area contributed by atoms with Crippen molar-refractivity contribution in [3.63, 3.8) is 0 Å². The number of hydrogen-bond acceptors (Lipinski definition) is 3. The highest BCUT2D eigenvalue weighted by Crippen LogP contribution is 2.16. The van der Waals surface area contributed by atoms with E-state index in [4.69, 9.17) is 5.73 Å². The molecule has 0 atom stereocenters. The van der Waals surface area contributed by atoms with Gasteiger partial charge in [0, 0.05) is 36.9 Å². The lowest BCUT2D eigenvalue weighted by atomic mass is 10.0. The second kappa shape index (κ2) is 10.0. The molecule has 1 aliphatic rings. The van der Waals surface area contributed by atoms with E-state index < -0.39 is 0 Å². The van der Waals surface area contributed by atoms with Gasteiger partial charge in [-0.1, -0.05) is 19.9 Å². The number of piperidine rings is 1. The fraction of sp³-hybridized carbons (Fsp3) is 0.588. The van der Waals surface area contributed by atoms with Gasteiger partial charge in [-0.15, -0.1) is 24.8 Å². The van der Waals surface area contributed by atoms with E-state index in [1.54, 1.807) is 6.07 Å². The van der Waals surface area contributed by atoms with E-state index in [0.29, 0.717) is 17.2 Å². The van der Waals surface area contributed by atoms with E-state index in [9.17, 15) is 4.79 Å². The van der Waals surface area contributed by atoms with Crippen molar-refractivity contribution in [2.24, 2.45) is 5.92 Å². The zero-order valence-electron chi connectivity index (χ0n) is 14.2. The van der Waals surface area contributed by atoms with Gasteiger partial charge in [-0.2, -0.15) is 0 Å². The lowest BCUT2D eigenvalue weighted by molar-refractivity contribution is 0.0906. The molecule has 0 aliphatic carbocycles. The summed E-state index contributed by atoms with van der Waals surface area (Å²) in [7, 11) is 0. The van der Waals surface area contributed by atoms with Gasteiger partial charge in [0.25, 0.3) is 5.91 Å². The Labute approximate surface area is 152 Å². The van der Waals surface area contributed by atoms with Crippen LogP contribution in [0, 0.1) is 12.8 Å². The molecule has 132 valence electrons. The predicted molar refractivity (Wildman–Crippen MR) is 102 cm³/mol. The first-order chi connectivity index (χ1) is 9.95. The third-order valence-corrected chi connectivity index (χ3v) is 4.05. The smallest absolute Gasteiger partial charge is 0.251 e. The van der Waals surface area contributed by atoms with Gasteiger partial charge in [0.15, 0.2) is 0 Å². The maximum Gasteiger partial charge on any atom is 0.251 e. The second-order valence-corrected chi connectivity index (χ2v) is 6.52. The molecule has 0 saturated carbocycles. The van der Waals surface area contributed by atoms with E-state index in [1.165, 1.54) is 0 Å². The summed E-state index contributed by atoms with van der Waals surface area (Å²) >= 11 is 0. The third-order valence-electron chi connectivity index (χ3n) is 4.05. The van der Waals surface area contributed by atoms with Crippen LogP contribution in [0.15, 0.2) is 18.2 Å². The molecular formula is C17H29Cl2N3O. The minimum absolute atomic E-state index is 0. The first-order valence-electron chi connectivity index (χ1n) is 7.85. The summed E-state index contributed by atoms with van der Waals surface area (Å²) in [6.45, 7) is 9.72. The van der Waals surface area contributed by atoms with Crippen molar-refractivity contribution >= 4 is 36.4 Å². The van der Waals surface area contributed by atoms with Crippen LogP contribution in [0.4, 0.5) is 5.69 Å². The number of nitrogen functional groups attached to an aromatic ring is 1. The molecule has 3 N–H and O–H groups in total. The van der Waals surface area contributed by atoms with Gasteiger partial charge in [0.1, 0.15) is 0 Å². The lowest BCUT2D eigenvalue weighted by Crippen LogP contribution is -2.45. The number of rotatable bonds is 4. The van der Waals surface area contributed by atoms with Crippen LogP contribution in [0.25, 0.3) is 0 Å². The summed E-state index contributed by atoms with van der Waals surface area (Å²) in [4.78, 5) is 14.9. The summed E-state index contributed by atoms with van der Waals surface area (Å²) in [6.07, 6.45) is 2.06. The third kappa shape index (κ3) is 6.58. The average molecular weight is 362 g/mol. The molecule has 0 unspecified atom stereocenters. The van der Waals surface area contributed by atoms with Crippen LogP contribution in [0.2, 0.25) is 0 Å². The SMILES string of the molecule is Cc1ccc(N)cc1C(=O)NC1CCN(CC(C)C)CC1.Cl.Cl. The summed E-state index contributed by atoms with van der Waals surface area (Å²) in [5.74, 6) is 0.702. The molecule has 4 nitrogen and oxygen atoms in total. The summed E-state index contributed by atoms with van der Waals surface area (Å²) in [5, 5.41) is 3.16. The fourth-order valence-electron chi connectivity index (χ4n) is 2.92. The summed E-state index contributed by atoms with van der Waals surface area (Å²) in [5.41, 5.74) is 8.08. The van der Waals surface area contributed by atoms with E-state index in [0.717, 1.165) is 38.0 Å². The minimum Gasteiger partial charge on any atom is -0.399 e. The Morgan fingerprint density at radius 3 is 2.48 bits per heavy atom. The molecule has 2 rings (SSSR count). The Morgan fingerprint density at radius 2 is 1.91 bits per heavy atom. The Balaban J connectivity index is 0.00000242. The molecule has 0 bridgehead atoms. The molecule has 1 amide bonds. The summed E-state index contributed by atoms with van der Waals surface area (Å²) in [6, 6.07) is 5.77. The Bertz CT molecular complexity index is 501. The number of nitrogens with zero attached hydrogens (tertiary/aromatic N) is 1. The van der Waals surface area contributed by atoms with Gasteiger partial charge in [0.05, 0.1) is 0 Å². The van der Waals surface area contributed by atoms with Gasteiger partial charge in [0.2, 0.25) is 0 Å². The number of carbonyl (C=O) groups is 1. The maximum absolute atomic E-state index is 12.4. The van der Waals surface area contributed by atoms with Crippen LogP contribution in [0.3, 0.4) is 0 Å². The molecule has 1 aromatic rings. The predicted octanol–water partition coefficient (Wildman–Crippen LogP) is 3.27. The first kappa shape index (κ1) is 22.0. The molecule has 1 saturated heterocycles. The van der Waals surface area contributed by atoms with Gasteiger partial charge in [-0.05, 0) is 43.4 Å². The van der Waals surface area contributed by atoms with Crippen LogP contribution in [0.5, 0.6) is 0 Å². The fourth-order valence-corrected chi connectivity index (χ4v) is 2.92. The topological polar surface area (TPSA) is 58.4 Å². The van der Waals surface area contributed by atoms with Crippen molar-refractivity contribution in [2.75, 3.05) is 25.4 Å². The molecule has 1 heterocycles. The first-order valence-corrected chi connectivity index (χ1v) is 7.85. The second-order valence-electron chi connectivity index (χ2n) is 6.52. The molecule has 0 spiro atoms. The molecular weight excluding hydrogens is 333 g/mol. The largest absolute Gasteiger partial charge is 0.399 e. The van der Waals surface area contributed by atoms with Crippen molar-refractivity contribution in [1.29, 1.82) is 0 Å². The highest BCUT2D eigenvalue weighted by Gasteiger charge is 2.22. The normalized spacial score (nSPS) is 15.7. The number of benzene rings is 1. The van der Waals surface area contributed by atoms with Gasteiger partial charge >= 0.3 is 0 Å².